The minimum absolute atomic E-state index is 0.611. The Bertz CT molecular complexity index is 268. The maximum Gasteiger partial charge on any atom is 0.0284 e. The van der Waals surface area contributed by atoms with Gasteiger partial charge < -0.3 is 5.32 Å². The third-order valence-corrected chi connectivity index (χ3v) is 6.51. The summed E-state index contributed by atoms with van der Waals surface area (Å²) in [6.45, 7) is 6.23. The van der Waals surface area contributed by atoms with Gasteiger partial charge in [0.15, 0.2) is 0 Å². The SMILES string of the molecule is CSC1(CN2CC(C3CC3)NCC2C)CCC1. The van der Waals surface area contributed by atoms with E-state index < -0.39 is 0 Å². The van der Waals surface area contributed by atoms with Crippen molar-refractivity contribution in [1.82, 2.24) is 10.2 Å². The molecule has 2 aliphatic carbocycles. The molecule has 0 spiro atoms. The Hall–Kier alpha value is 0.270. The summed E-state index contributed by atoms with van der Waals surface area (Å²) in [6.07, 6.45) is 9.58. The average Bonchev–Trinajstić information content (AvgIpc) is 3.10. The van der Waals surface area contributed by atoms with Gasteiger partial charge in [-0.2, -0.15) is 11.8 Å². The largest absolute Gasteiger partial charge is 0.311 e. The predicted octanol–water partition coefficient (Wildman–Crippen LogP) is 2.34. The van der Waals surface area contributed by atoms with Gasteiger partial charge in [-0.25, -0.2) is 0 Å². The molecule has 1 N–H and O–H groups in total. The summed E-state index contributed by atoms with van der Waals surface area (Å²) in [5.41, 5.74) is 0. The lowest BCUT2D eigenvalue weighted by atomic mass is 9.83. The zero-order valence-corrected chi connectivity index (χ0v) is 12.1. The minimum Gasteiger partial charge on any atom is -0.311 e. The highest BCUT2D eigenvalue weighted by atomic mass is 32.2. The topological polar surface area (TPSA) is 15.3 Å². The van der Waals surface area contributed by atoms with Gasteiger partial charge in [-0.05, 0) is 44.8 Å². The van der Waals surface area contributed by atoms with E-state index in [1.165, 1.54) is 51.7 Å². The van der Waals surface area contributed by atoms with Crippen LogP contribution in [0.2, 0.25) is 0 Å². The second-order valence-corrected chi connectivity index (χ2v) is 7.65. The molecule has 0 aromatic carbocycles. The summed E-state index contributed by atoms with van der Waals surface area (Å²) >= 11 is 2.12. The molecule has 1 saturated heterocycles. The van der Waals surface area contributed by atoms with E-state index in [1.54, 1.807) is 0 Å². The molecular weight excluding hydrogens is 228 g/mol. The molecule has 1 aliphatic heterocycles. The number of hydrogen-bond acceptors (Lipinski definition) is 3. The van der Waals surface area contributed by atoms with Crippen molar-refractivity contribution >= 4 is 11.8 Å². The van der Waals surface area contributed by atoms with E-state index in [1.807, 2.05) is 0 Å². The summed E-state index contributed by atoms with van der Waals surface area (Å²) < 4.78 is 0.611. The van der Waals surface area contributed by atoms with E-state index >= 15 is 0 Å². The molecular formula is C14H26N2S. The van der Waals surface area contributed by atoms with Gasteiger partial charge in [0, 0.05) is 36.5 Å². The minimum atomic E-state index is 0.611. The monoisotopic (exact) mass is 254 g/mol. The molecule has 0 amide bonds. The van der Waals surface area contributed by atoms with Crippen LogP contribution in [0, 0.1) is 5.92 Å². The molecule has 0 bridgehead atoms. The van der Waals surface area contributed by atoms with Crippen molar-refractivity contribution in [2.24, 2.45) is 5.92 Å². The van der Waals surface area contributed by atoms with Crippen LogP contribution in [0.1, 0.15) is 39.0 Å². The lowest BCUT2D eigenvalue weighted by Gasteiger charge is -2.48. The Morgan fingerprint density at radius 2 is 2.12 bits per heavy atom. The van der Waals surface area contributed by atoms with Crippen LogP contribution in [0.5, 0.6) is 0 Å². The fourth-order valence-corrected chi connectivity index (χ4v) is 4.34. The first kappa shape index (κ1) is 12.3. The number of nitrogens with zero attached hydrogens (tertiary/aromatic N) is 1. The van der Waals surface area contributed by atoms with E-state index in [4.69, 9.17) is 0 Å². The predicted molar refractivity (Wildman–Crippen MR) is 75.6 cm³/mol. The van der Waals surface area contributed by atoms with Gasteiger partial charge >= 0.3 is 0 Å². The molecule has 0 radical (unpaired) electrons. The van der Waals surface area contributed by atoms with Gasteiger partial charge in [0.2, 0.25) is 0 Å². The third kappa shape index (κ3) is 2.52. The standard InChI is InChI=1S/C14H26N2S/c1-11-8-15-13(12-4-5-12)9-16(11)10-14(17-2)6-3-7-14/h11-13,15H,3-10H2,1-2H3. The quantitative estimate of drug-likeness (QED) is 0.829. The van der Waals surface area contributed by atoms with Gasteiger partial charge in [-0.15, -0.1) is 0 Å². The molecule has 3 rings (SSSR count). The fourth-order valence-electron chi connectivity index (χ4n) is 3.35. The summed E-state index contributed by atoms with van der Waals surface area (Å²) in [5, 5.41) is 3.75. The van der Waals surface area contributed by atoms with Crippen molar-refractivity contribution in [3.05, 3.63) is 0 Å². The fraction of sp³-hybridized carbons (Fsp3) is 1.00. The molecule has 2 saturated carbocycles. The Balaban J connectivity index is 1.59. The van der Waals surface area contributed by atoms with Crippen molar-refractivity contribution in [3.8, 4) is 0 Å². The smallest absolute Gasteiger partial charge is 0.0284 e. The van der Waals surface area contributed by atoms with Crippen LogP contribution in [0.25, 0.3) is 0 Å². The number of thioether (sulfide) groups is 1. The number of piperazine rings is 1. The maximum atomic E-state index is 3.75. The molecule has 3 fully saturated rings. The molecule has 2 unspecified atom stereocenters. The molecule has 2 atom stereocenters. The number of nitrogens with one attached hydrogen (secondary N) is 1. The zero-order chi connectivity index (χ0) is 11.9. The molecule has 0 aromatic heterocycles. The molecule has 98 valence electrons. The van der Waals surface area contributed by atoms with E-state index in [2.05, 4.69) is 35.2 Å². The first-order valence-corrected chi connectivity index (χ1v) is 8.47. The molecule has 1 heterocycles. The summed E-state index contributed by atoms with van der Waals surface area (Å²) in [5.74, 6) is 0.997. The zero-order valence-electron chi connectivity index (χ0n) is 11.2. The van der Waals surface area contributed by atoms with Crippen LogP contribution in [-0.2, 0) is 0 Å². The Morgan fingerprint density at radius 3 is 2.65 bits per heavy atom. The molecule has 17 heavy (non-hydrogen) atoms. The van der Waals surface area contributed by atoms with E-state index in [-0.39, 0.29) is 0 Å². The van der Waals surface area contributed by atoms with Crippen LogP contribution in [0.4, 0.5) is 0 Å². The average molecular weight is 254 g/mol. The first-order chi connectivity index (χ1) is 8.22. The van der Waals surface area contributed by atoms with E-state index in [0.29, 0.717) is 4.75 Å². The molecule has 2 nitrogen and oxygen atoms in total. The normalized spacial score (nSPS) is 37.8. The van der Waals surface area contributed by atoms with Crippen LogP contribution < -0.4 is 5.32 Å². The Labute approximate surface area is 110 Å². The van der Waals surface area contributed by atoms with Crippen molar-refractivity contribution < 1.29 is 0 Å². The van der Waals surface area contributed by atoms with Crippen LogP contribution >= 0.6 is 11.8 Å². The van der Waals surface area contributed by atoms with Gasteiger partial charge in [0.05, 0.1) is 0 Å². The van der Waals surface area contributed by atoms with E-state index in [9.17, 15) is 0 Å². The van der Waals surface area contributed by atoms with Crippen LogP contribution in [0.15, 0.2) is 0 Å². The van der Waals surface area contributed by atoms with Gasteiger partial charge in [-0.3, -0.25) is 4.90 Å². The number of rotatable bonds is 4. The summed E-state index contributed by atoms with van der Waals surface area (Å²) in [4.78, 5) is 2.77. The molecule has 3 aliphatic rings. The summed E-state index contributed by atoms with van der Waals surface area (Å²) in [6, 6.07) is 1.53. The Morgan fingerprint density at radius 1 is 1.35 bits per heavy atom. The van der Waals surface area contributed by atoms with E-state index in [0.717, 1.165) is 18.0 Å². The highest BCUT2D eigenvalue weighted by molar-refractivity contribution is 8.00. The van der Waals surface area contributed by atoms with Crippen LogP contribution in [0.3, 0.4) is 0 Å². The van der Waals surface area contributed by atoms with Crippen molar-refractivity contribution in [2.75, 3.05) is 25.9 Å². The second kappa shape index (κ2) is 4.75. The maximum absolute atomic E-state index is 3.75. The van der Waals surface area contributed by atoms with Gasteiger partial charge in [0.25, 0.3) is 0 Å². The van der Waals surface area contributed by atoms with Gasteiger partial charge in [0.1, 0.15) is 0 Å². The molecule has 3 heteroatoms. The van der Waals surface area contributed by atoms with Crippen molar-refractivity contribution in [3.63, 3.8) is 0 Å². The van der Waals surface area contributed by atoms with Gasteiger partial charge in [-0.1, -0.05) is 6.42 Å². The summed E-state index contributed by atoms with van der Waals surface area (Å²) in [7, 11) is 0. The third-order valence-electron chi connectivity index (χ3n) is 5.11. The first-order valence-electron chi connectivity index (χ1n) is 7.25. The molecule has 0 aromatic rings. The van der Waals surface area contributed by atoms with Crippen molar-refractivity contribution in [1.29, 1.82) is 0 Å². The lowest BCUT2D eigenvalue weighted by molar-refractivity contribution is 0.104. The highest BCUT2D eigenvalue weighted by Crippen LogP contribution is 2.44. The number of hydrogen-bond donors (Lipinski definition) is 1. The Kier molecular flexibility index (Phi) is 3.44. The second-order valence-electron chi connectivity index (χ2n) is 6.37. The van der Waals surface area contributed by atoms with Crippen LogP contribution in [-0.4, -0.2) is 47.6 Å². The highest BCUT2D eigenvalue weighted by Gasteiger charge is 2.42. The van der Waals surface area contributed by atoms with Crippen molar-refractivity contribution in [2.45, 2.75) is 55.9 Å². The lowest BCUT2D eigenvalue weighted by Crippen LogP contribution is -2.60.